The number of hydrogen-bond acceptors (Lipinski definition) is 3. The first-order valence-corrected chi connectivity index (χ1v) is 8.27. The van der Waals surface area contributed by atoms with Crippen LogP contribution in [0.3, 0.4) is 0 Å². The van der Waals surface area contributed by atoms with Crippen molar-refractivity contribution in [3.8, 4) is 11.3 Å². The molecule has 1 aliphatic rings. The van der Waals surface area contributed by atoms with Crippen LogP contribution in [0.2, 0.25) is 0 Å². The third-order valence-electron chi connectivity index (χ3n) is 4.50. The van der Waals surface area contributed by atoms with E-state index in [1.54, 1.807) is 18.3 Å². The Hall–Kier alpha value is -2.53. The van der Waals surface area contributed by atoms with Gasteiger partial charge >= 0.3 is 0 Å². The number of imidazole rings is 1. The van der Waals surface area contributed by atoms with Crippen molar-refractivity contribution in [1.82, 2.24) is 20.3 Å². The van der Waals surface area contributed by atoms with E-state index in [1.165, 1.54) is 11.6 Å². The molecule has 0 spiro atoms. The van der Waals surface area contributed by atoms with Gasteiger partial charge in [-0.1, -0.05) is 18.2 Å². The number of pyridine rings is 1. The number of halogens is 1. The number of nitrogens with zero attached hydrogens (tertiary/aromatic N) is 2. The summed E-state index contributed by atoms with van der Waals surface area (Å²) < 4.78 is 13.9. The first-order valence-electron chi connectivity index (χ1n) is 8.27. The molecule has 122 valence electrons. The summed E-state index contributed by atoms with van der Waals surface area (Å²) in [4.78, 5) is 12.1. The summed E-state index contributed by atoms with van der Waals surface area (Å²) in [5.74, 6) is 0.558. The Kier molecular flexibility index (Phi) is 4.09. The number of aromatic nitrogens is 3. The second kappa shape index (κ2) is 6.53. The molecule has 2 N–H and O–H groups in total. The second-order valence-electron chi connectivity index (χ2n) is 6.10. The molecule has 1 atom stereocenters. The number of benzene rings is 1. The van der Waals surface area contributed by atoms with E-state index in [0.717, 1.165) is 30.8 Å². The van der Waals surface area contributed by atoms with Gasteiger partial charge in [-0.25, -0.2) is 9.37 Å². The van der Waals surface area contributed by atoms with Crippen LogP contribution in [0.25, 0.3) is 11.3 Å². The third kappa shape index (κ3) is 2.95. The largest absolute Gasteiger partial charge is 0.341 e. The Morgan fingerprint density at radius 3 is 3.00 bits per heavy atom. The number of aromatic amines is 1. The van der Waals surface area contributed by atoms with Crippen LogP contribution in [-0.4, -0.2) is 15.0 Å². The van der Waals surface area contributed by atoms with Crippen molar-refractivity contribution < 1.29 is 4.39 Å². The Morgan fingerprint density at radius 2 is 2.08 bits per heavy atom. The maximum Gasteiger partial charge on any atom is 0.132 e. The van der Waals surface area contributed by atoms with Crippen molar-refractivity contribution in [3.63, 3.8) is 0 Å². The molecule has 0 saturated heterocycles. The molecule has 0 saturated carbocycles. The van der Waals surface area contributed by atoms with Gasteiger partial charge in [0.25, 0.3) is 0 Å². The number of rotatable bonds is 4. The highest BCUT2D eigenvalue weighted by atomic mass is 19.1. The van der Waals surface area contributed by atoms with Crippen LogP contribution in [0, 0.1) is 5.82 Å². The molecule has 0 bridgehead atoms. The van der Waals surface area contributed by atoms with Crippen molar-refractivity contribution in [2.45, 2.75) is 31.8 Å². The monoisotopic (exact) mass is 322 g/mol. The van der Waals surface area contributed by atoms with E-state index >= 15 is 0 Å². The zero-order chi connectivity index (χ0) is 16.4. The van der Waals surface area contributed by atoms with Gasteiger partial charge in [-0.05, 0) is 43.0 Å². The molecule has 2 heterocycles. The zero-order valence-electron chi connectivity index (χ0n) is 13.3. The van der Waals surface area contributed by atoms with E-state index in [2.05, 4.69) is 26.3 Å². The molecular weight excluding hydrogens is 303 g/mol. The number of fused-ring (bicyclic) bond motifs is 1. The maximum absolute atomic E-state index is 13.9. The molecule has 5 heteroatoms. The van der Waals surface area contributed by atoms with Crippen molar-refractivity contribution in [1.29, 1.82) is 0 Å². The van der Waals surface area contributed by atoms with Crippen LogP contribution in [-0.2, 0) is 13.0 Å². The Bertz CT molecular complexity index is 843. The zero-order valence-corrected chi connectivity index (χ0v) is 13.3. The van der Waals surface area contributed by atoms with Crippen LogP contribution in [0.5, 0.6) is 0 Å². The number of aryl methyl sites for hydroxylation is 1. The van der Waals surface area contributed by atoms with Crippen LogP contribution in [0.4, 0.5) is 4.39 Å². The first-order chi connectivity index (χ1) is 11.8. The molecular formula is C19H19FN4. The van der Waals surface area contributed by atoms with Gasteiger partial charge in [-0.2, -0.15) is 0 Å². The minimum atomic E-state index is -0.244. The molecule has 0 aliphatic heterocycles. The summed E-state index contributed by atoms with van der Waals surface area (Å²) in [5, 5.41) is 3.52. The molecule has 0 radical (unpaired) electrons. The normalized spacial score (nSPS) is 16.8. The lowest BCUT2D eigenvalue weighted by molar-refractivity contribution is 0.443. The van der Waals surface area contributed by atoms with Gasteiger partial charge in [0.15, 0.2) is 0 Å². The van der Waals surface area contributed by atoms with Crippen molar-refractivity contribution in [3.05, 3.63) is 71.7 Å². The van der Waals surface area contributed by atoms with Gasteiger partial charge in [0.05, 0.1) is 30.2 Å². The summed E-state index contributed by atoms with van der Waals surface area (Å²) in [7, 11) is 0. The molecule has 2 aromatic heterocycles. The first kappa shape index (κ1) is 15.0. The van der Waals surface area contributed by atoms with Crippen molar-refractivity contribution in [2.75, 3.05) is 0 Å². The van der Waals surface area contributed by atoms with Gasteiger partial charge in [-0.15, -0.1) is 0 Å². The summed E-state index contributed by atoms with van der Waals surface area (Å²) in [6.45, 7) is 0.606. The van der Waals surface area contributed by atoms with Gasteiger partial charge in [-0.3, -0.25) is 4.98 Å². The minimum Gasteiger partial charge on any atom is -0.341 e. The lowest BCUT2D eigenvalue weighted by atomic mass is 9.92. The third-order valence-corrected chi connectivity index (χ3v) is 4.50. The number of nitrogens with one attached hydrogen (secondary N) is 2. The van der Waals surface area contributed by atoms with Crippen LogP contribution >= 0.6 is 0 Å². The predicted molar refractivity (Wildman–Crippen MR) is 90.7 cm³/mol. The SMILES string of the molecule is Fc1ccccc1-c1cnc(CNC2CCCc3cccnc32)[nH]1. The fraction of sp³-hybridized carbons (Fsp3) is 0.263. The Balaban J connectivity index is 1.47. The van der Waals surface area contributed by atoms with E-state index < -0.39 is 0 Å². The summed E-state index contributed by atoms with van der Waals surface area (Å²) >= 11 is 0. The van der Waals surface area contributed by atoms with E-state index in [-0.39, 0.29) is 11.9 Å². The standard InChI is InChI=1S/C19H19FN4/c20-15-8-2-1-7-14(15)17-11-23-18(24-17)12-22-16-9-3-5-13-6-4-10-21-19(13)16/h1-2,4,6-8,10-11,16,22H,3,5,9,12H2,(H,23,24). The minimum absolute atomic E-state index is 0.244. The molecule has 1 aliphatic carbocycles. The van der Waals surface area contributed by atoms with Gasteiger partial charge in [0.2, 0.25) is 0 Å². The highest BCUT2D eigenvalue weighted by molar-refractivity contribution is 5.59. The number of hydrogen-bond donors (Lipinski definition) is 2. The lowest BCUT2D eigenvalue weighted by Crippen LogP contribution is -2.26. The van der Waals surface area contributed by atoms with E-state index in [4.69, 9.17) is 0 Å². The second-order valence-corrected chi connectivity index (χ2v) is 6.10. The van der Waals surface area contributed by atoms with Crippen molar-refractivity contribution >= 4 is 0 Å². The van der Waals surface area contributed by atoms with Crippen LogP contribution in [0.1, 0.15) is 36.0 Å². The van der Waals surface area contributed by atoms with Gasteiger partial charge in [0, 0.05) is 11.8 Å². The van der Waals surface area contributed by atoms with Gasteiger partial charge < -0.3 is 10.3 Å². The number of H-pyrrole nitrogens is 1. The van der Waals surface area contributed by atoms with Crippen LogP contribution in [0.15, 0.2) is 48.8 Å². The van der Waals surface area contributed by atoms with Crippen LogP contribution < -0.4 is 5.32 Å². The molecule has 0 fully saturated rings. The molecule has 3 aromatic rings. The highest BCUT2D eigenvalue weighted by Gasteiger charge is 2.21. The van der Waals surface area contributed by atoms with E-state index in [9.17, 15) is 4.39 Å². The quantitative estimate of drug-likeness (QED) is 0.768. The van der Waals surface area contributed by atoms with Crippen molar-refractivity contribution in [2.24, 2.45) is 0 Å². The Labute approximate surface area is 140 Å². The summed E-state index contributed by atoms with van der Waals surface area (Å²) in [5.41, 5.74) is 3.71. The maximum atomic E-state index is 13.9. The topological polar surface area (TPSA) is 53.6 Å². The fourth-order valence-electron chi connectivity index (χ4n) is 3.30. The Morgan fingerprint density at radius 1 is 1.17 bits per heavy atom. The van der Waals surface area contributed by atoms with E-state index in [1.807, 2.05) is 18.3 Å². The summed E-state index contributed by atoms with van der Waals surface area (Å²) in [6.07, 6.45) is 6.87. The smallest absolute Gasteiger partial charge is 0.132 e. The average Bonchev–Trinajstić information content (AvgIpc) is 3.09. The van der Waals surface area contributed by atoms with E-state index in [0.29, 0.717) is 17.8 Å². The molecule has 24 heavy (non-hydrogen) atoms. The highest BCUT2D eigenvalue weighted by Crippen LogP contribution is 2.28. The molecule has 0 amide bonds. The molecule has 4 nitrogen and oxygen atoms in total. The molecule has 1 unspecified atom stereocenters. The van der Waals surface area contributed by atoms with Gasteiger partial charge in [0.1, 0.15) is 11.6 Å². The average molecular weight is 322 g/mol. The predicted octanol–water partition coefficient (Wildman–Crippen LogP) is 3.78. The molecule has 4 rings (SSSR count). The lowest BCUT2D eigenvalue weighted by Gasteiger charge is -2.24. The fourth-order valence-corrected chi connectivity index (χ4v) is 3.30. The molecule has 1 aromatic carbocycles. The summed E-state index contributed by atoms with van der Waals surface area (Å²) in [6, 6.07) is 11.1.